The van der Waals surface area contributed by atoms with Crippen LogP contribution in [0.25, 0.3) is 0 Å². The topological polar surface area (TPSA) is 77.2 Å². The Hall–Kier alpha value is -1.56. The SMILES string of the molecule is CS(=O)(=O)c1cc(N)cc(C(=O)c2ccc(Cl)c(Cl)c2)c1. The van der Waals surface area contributed by atoms with E-state index in [-0.39, 0.29) is 27.0 Å². The third-order valence-electron chi connectivity index (χ3n) is 2.80. The van der Waals surface area contributed by atoms with E-state index in [4.69, 9.17) is 28.9 Å². The molecule has 0 spiro atoms. The molecule has 4 nitrogen and oxygen atoms in total. The van der Waals surface area contributed by atoms with Crippen molar-refractivity contribution < 1.29 is 13.2 Å². The maximum absolute atomic E-state index is 12.4. The van der Waals surface area contributed by atoms with Gasteiger partial charge in [0.25, 0.3) is 0 Å². The van der Waals surface area contributed by atoms with Gasteiger partial charge in [0, 0.05) is 23.1 Å². The van der Waals surface area contributed by atoms with Crippen molar-refractivity contribution >= 4 is 44.5 Å². The summed E-state index contributed by atoms with van der Waals surface area (Å²) in [5, 5.41) is 0.576. The minimum Gasteiger partial charge on any atom is -0.399 e. The number of sulfone groups is 1. The van der Waals surface area contributed by atoms with E-state index in [1.165, 1.54) is 36.4 Å². The highest BCUT2D eigenvalue weighted by Gasteiger charge is 2.15. The quantitative estimate of drug-likeness (QED) is 0.685. The number of benzene rings is 2. The summed E-state index contributed by atoms with van der Waals surface area (Å²) in [5.41, 5.74) is 6.33. The highest BCUT2D eigenvalue weighted by atomic mass is 35.5. The lowest BCUT2D eigenvalue weighted by atomic mass is 10.0. The van der Waals surface area contributed by atoms with Crippen LogP contribution in [0, 0.1) is 0 Å². The van der Waals surface area contributed by atoms with E-state index in [0.29, 0.717) is 10.6 Å². The molecule has 0 saturated heterocycles. The largest absolute Gasteiger partial charge is 0.399 e. The van der Waals surface area contributed by atoms with Crippen LogP contribution >= 0.6 is 23.2 Å². The molecule has 0 fully saturated rings. The number of rotatable bonds is 3. The molecule has 2 aromatic rings. The van der Waals surface area contributed by atoms with Gasteiger partial charge in [0.05, 0.1) is 14.9 Å². The van der Waals surface area contributed by atoms with Crippen molar-refractivity contribution in [3.8, 4) is 0 Å². The summed E-state index contributed by atoms with van der Waals surface area (Å²) in [7, 11) is -3.46. The number of hydrogen-bond donors (Lipinski definition) is 1. The molecule has 0 amide bonds. The van der Waals surface area contributed by atoms with Crippen LogP contribution in [-0.4, -0.2) is 20.5 Å². The van der Waals surface area contributed by atoms with Gasteiger partial charge in [-0.2, -0.15) is 0 Å². The molecule has 0 saturated carbocycles. The van der Waals surface area contributed by atoms with Gasteiger partial charge < -0.3 is 5.73 Å². The molecule has 0 atom stereocenters. The molecule has 0 unspecified atom stereocenters. The summed E-state index contributed by atoms with van der Waals surface area (Å²) in [5.74, 6) is -0.384. The van der Waals surface area contributed by atoms with Gasteiger partial charge in [-0.1, -0.05) is 23.2 Å². The Morgan fingerprint density at radius 2 is 1.67 bits per heavy atom. The van der Waals surface area contributed by atoms with E-state index in [0.717, 1.165) is 6.26 Å². The van der Waals surface area contributed by atoms with Crippen LogP contribution in [0.2, 0.25) is 10.0 Å². The molecule has 7 heteroatoms. The second-order valence-electron chi connectivity index (χ2n) is 4.52. The zero-order chi connectivity index (χ0) is 15.8. The minimum atomic E-state index is -3.46. The summed E-state index contributed by atoms with van der Waals surface area (Å²) in [6, 6.07) is 8.45. The summed E-state index contributed by atoms with van der Waals surface area (Å²) < 4.78 is 23.2. The number of anilines is 1. The second-order valence-corrected chi connectivity index (χ2v) is 7.35. The number of ketones is 1. The van der Waals surface area contributed by atoms with Crippen LogP contribution < -0.4 is 5.73 Å². The van der Waals surface area contributed by atoms with Gasteiger partial charge >= 0.3 is 0 Å². The van der Waals surface area contributed by atoms with Crippen LogP contribution in [-0.2, 0) is 9.84 Å². The predicted molar refractivity (Wildman–Crippen MR) is 83.9 cm³/mol. The molecule has 0 aliphatic rings. The van der Waals surface area contributed by atoms with E-state index >= 15 is 0 Å². The number of carbonyl (C=O) groups is 1. The van der Waals surface area contributed by atoms with E-state index in [9.17, 15) is 13.2 Å². The molecule has 2 N–H and O–H groups in total. The molecule has 0 bridgehead atoms. The Morgan fingerprint density at radius 1 is 1.00 bits per heavy atom. The number of carbonyl (C=O) groups excluding carboxylic acids is 1. The number of nitrogens with two attached hydrogens (primary N) is 1. The van der Waals surface area contributed by atoms with Crippen molar-refractivity contribution in [2.24, 2.45) is 0 Å². The first kappa shape index (κ1) is 15.8. The van der Waals surface area contributed by atoms with Gasteiger partial charge in [-0.15, -0.1) is 0 Å². The molecule has 0 aromatic heterocycles. The molecule has 110 valence electrons. The van der Waals surface area contributed by atoms with E-state index in [1.54, 1.807) is 0 Å². The minimum absolute atomic E-state index is 0.00842. The Labute approximate surface area is 132 Å². The molecular weight excluding hydrogens is 333 g/mol. The molecular formula is C14H11Cl2NO3S. The van der Waals surface area contributed by atoms with Gasteiger partial charge in [-0.3, -0.25) is 4.79 Å². The third-order valence-corrected chi connectivity index (χ3v) is 4.63. The van der Waals surface area contributed by atoms with Gasteiger partial charge in [0.1, 0.15) is 0 Å². The van der Waals surface area contributed by atoms with Crippen molar-refractivity contribution in [1.82, 2.24) is 0 Å². The summed E-state index contributed by atoms with van der Waals surface area (Å²) in [6.45, 7) is 0. The summed E-state index contributed by atoms with van der Waals surface area (Å²) in [4.78, 5) is 12.4. The van der Waals surface area contributed by atoms with Crippen molar-refractivity contribution in [2.45, 2.75) is 4.90 Å². The lowest BCUT2D eigenvalue weighted by Gasteiger charge is -2.07. The maximum Gasteiger partial charge on any atom is 0.193 e. The Balaban J connectivity index is 2.53. The van der Waals surface area contributed by atoms with Crippen molar-refractivity contribution in [1.29, 1.82) is 0 Å². The van der Waals surface area contributed by atoms with Crippen LogP contribution in [0.15, 0.2) is 41.3 Å². The van der Waals surface area contributed by atoms with E-state index in [1.807, 2.05) is 0 Å². The van der Waals surface area contributed by atoms with Crippen LogP contribution in [0.1, 0.15) is 15.9 Å². The molecule has 2 aromatic carbocycles. The van der Waals surface area contributed by atoms with E-state index < -0.39 is 9.84 Å². The van der Waals surface area contributed by atoms with Gasteiger partial charge in [-0.05, 0) is 36.4 Å². The van der Waals surface area contributed by atoms with Crippen molar-refractivity contribution in [2.75, 3.05) is 12.0 Å². The Morgan fingerprint density at radius 3 is 2.24 bits per heavy atom. The fraction of sp³-hybridized carbons (Fsp3) is 0.0714. The Kier molecular flexibility index (Phi) is 4.27. The van der Waals surface area contributed by atoms with Crippen molar-refractivity contribution in [3.05, 3.63) is 57.6 Å². The number of hydrogen-bond acceptors (Lipinski definition) is 4. The highest BCUT2D eigenvalue weighted by Crippen LogP contribution is 2.25. The highest BCUT2D eigenvalue weighted by molar-refractivity contribution is 7.90. The van der Waals surface area contributed by atoms with Crippen molar-refractivity contribution in [3.63, 3.8) is 0 Å². The number of nitrogen functional groups attached to an aromatic ring is 1. The van der Waals surface area contributed by atoms with Gasteiger partial charge in [0.2, 0.25) is 0 Å². The fourth-order valence-electron chi connectivity index (χ4n) is 1.77. The van der Waals surface area contributed by atoms with Crippen LogP contribution in [0.3, 0.4) is 0 Å². The van der Waals surface area contributed by atoms with Gasteiger partial charge in [-0.25, -0.2) is 8.42 Å². The fourth-order valence-corrected chi connectivity index (χ4v) is 2.76. The average molecular weight is 344 g/mol. The normalized spacial score (nSPS) is 11.4. The molecule has 0 radical (unpaired) electrons. The van der Waals surface area contributed by atoms with Crippen LogP contribution in [0.4, 0.5) is 5.69 Å². The second kappa shape index (κ2) is 5.67. The zero-order valence-corrected chi connectivity index (χ0v) is 13.3. The van der Waals surface area contributed by atoms with E-state index in [2.05, 4.69) is 0 Å². The monoisotopic (exact) mass is 343 g/mol. The molecule has 0 aliphatic carbocycles. The standard InChI is InChI=1S/C14H11Cl2NO3S/c1-21(19,20)11-5-9(4-10(17)7-11)14(18)8-2-3-12(15)13(16)6-8/h2-7H,17H2,1H3. The lowest BCUT2D eigenvalue weighted by Crippen LogP contribution is -2.06. The summed E-state index contributed by atoms with van der Waals surface area (Å²) in [6.07, 6.45) is 1.05. The molecule has 0 heterocycles. The molecule has 2 rings (SSSR count). The summed E-state index contributed by atoms with van der Waals surface area (Å²) >= 11 is 11.7. The lowest BCUT2D eigenvalue weighted by molar-refractivity contribution is 0.103. The first-order valence-electron chi connectivity index (χ1n) is 5.79. The van der Waals surface area contributed by atoms with Crippen LogP contribution in [0.5, 0.6) is 0 Å². The maximum atomic E-state index is 12.4. The number of halogens is 2. The first-order valence-corrected chi connectivity index (χ1v) is 8.43. The first-order chi connectivity index (χ1) is 9.68. The van der Waals surface area contributed by atoms with Gasteiger partial charge in [0.15, 0.2) is 15.6 Å². The average Bonchev–Trinajstić information content (AvgIpc) is 2.39. The predicted octanol–water partition coefficient (Wildman–Crippen LogP) is 3.21. The third kappa shape index (κ3) is 3.56. The molecule has 21 heavy (non-hydrogen) atoms. The molecule has 0 aliphatic heterocycles. The zero-order valence-electron chi connectivity index (χ0n) is 10.9. The smallest absolute Gasteiger partial charge is 0.193 e. The Bertz CT molecular complexity index is 832.